The predicted molar refractivity (Wildman–Crippen MR) is 78.0 cm³/mol. The second kappa shape index (κ2) is 7.28. The first kappa shape index (κ1) is 14.1. The number of ether oxygens (including phenoxy) is 1. The van der Waals surface area contributed by atoms with Crippen LogP contribution in [0.5, 0.6) is 5.75 Å². The van der Waals surface area contributed by atoms with Gasteiger partial charge in [0.1, 0.15) is 5.75 Å². The van der Waals surface area contributed by atoms with Gasteiger partial charge in [0.15, 0.2) is 0 Å². The second-order valence-electron chi connectivity index (χ2n) is 4.54. The Balaban J connectivity index is 1.67. The lowest BCUT2D eigenvalue weighted by atomic mass is 10.1. The topological polar surface area (TPSA) is 52.4 Å². The molecule has 0 aromatic heterocycles. The molecule has 0 aliphatic rings. The predicted octanol–water partition coefficient (Wildman–Crippen LogP) is 4.00. The Morgan fingerprint density at radius 1 is 0.950 bits per heavy atom. The first-order valence-corrected chi connectivity index (χ1v) is 6.67. The minimum atomic E-state index is -0.413. The summed E-state index contributed by atoms with van der Waals surface area (Å²) in [7, 11) is 0. The Kier molecular flexibility index (Phi) is 5.12. The molecule has 0 saturated heterocycles. The fourth-order valence-electron chi connectivity index (χ4n) is 1.93. The SMILES string of the molecule is O=[N+]([O-])c1ccc(OCCCCc2ccccc2)cc1. The zero-order chi connectivity index (χ0) is 14.2. The summed E-state index contributed by atoms with van der Waals surface area (Å²) in [5.41, 5.74) is 1.42. The van der Waals surface area contributed by atoms with Gasteiger partial charge in [0.2, 0.25) is 0 Å². The van der Waals surface area contributed by atoms with Crippen molar-refractivity contribution < 1.29 is 9.66 Å². The highest BCUT2D eigenvalue weighted by Crippen LogP contribution is 2.17. The van der Waals surface area contributed by atoms with Gasteiger partial charge in [-0.15, -0.1) is 0 Å². The van der Waals surface area contributed by atoms with Crippen molar-refractivity contribution >= 4 is 5.69 Å². The molecule has 2 aromatic rings. The Morgan fingerprint density at radius 2 is 1.65 bits per heavy atom. The van der Waals surface area contributed by atoms with Gasteiger partial charge < -0.3 is 4.74 Å². The summed E-state index contributed by atoms with van der Waals surface area (Å²) in [6.07, 6.45) is 3.08. The van der Waals surface area contributed by atoms with Crippen LogP contribution in [0.15, 0.2) is 54.6 Å². The molecule has 0 fully saturated rings. The van der Waals surface area contributed by atoms with Gasteiger partial charge in [-0.05, 0) is 37.0 Å². The van der Waals surface area contributed by atoms with Crippen molar-refractivity contribution in [3.05, 3.63) is 70.3 Å². The minimum Gasteiger partial charge on any atom is -0.494 e. The third kappa shape index (κ3) is 4.39. The Morgan fingerprint density at radius 3 is 2.30 bits per heavy atom. The zero-order valence-electron chi connectivity index (χ0n) is 11.2. The minimum absolute atomic E-state index is 0.0847. The highest BCUT2D eigenvalue weighted by molar-refractivity contribution is 5.35. The number of non-ortho nitro benzene ring substituents is 1. The number of rotatable bonds is 7. The molecule has 0 aliphatic heterocycles. The van der Waals surface area contributed by atoms with Crippen molar-refractivity contribution in [2.45, 2.75) is 19.3 Å². The standard InChI is InChI=1S/C16H17NO3/c18-17(19)15-9-11-16(12-10-15)20-13-5-4-8-14-6-2-1-3-7-14/h1-3,6-7,9-12H,4-5,8,13H2. The van der Waals surface area contributed by atoms with Gasteiger partial charge in [0, 0.05) is 12.1 Å². The molecule has 2 aromatic carbocycles. The molecule has 0 N–H and O–H groups in total. The van der Waals surface area contributed by atoms with Crippen molar-refractivity contribution in [2.24, 2.45) is 0 Å². The molecule has 0 spiro atoms. The van der Waals surface area contributed by atoms with E-state index in [1.165, 1.54) is 17.7 Å². The first-order chi connectivity index (χ1) is 9.75. The summed E-state index contributed by atoms with van der Waals surface area (Å²) in [4.78, 5) is 10.1. The molecule has 0 aliphatic carbocycles. The van der Waals surface area contributed by atoms with E-state index in [1.54, 1.807) is 12.1 Å². The summed E-state index contributed by atoms with van der Waals surface area (Å²) in [6, 6.07) is 16.5. The number of unbranched alkanes of at least 4 members (excludes halogenated alkanes) is 1. The van der Waals surface area contributed by atoms with E-state index in [9.17, 15) is 10.1 Å². The lowest BCUT2D eigenvalue weighted by Gasteiger charge is -2.06. The van der Waals surface area contributed by atoms with E-state index in [4.69, 9.17) is 4.74 Å². The molecule has 104 valence electrons. The fourth-order valence-corrected chi connectivity index (χ4v) is 1.93. The Bertz CT molecular complexity index is 537. The van der Waals surface area contributed by atoms with Crippen LogP contribution in [0.25, 0.3) is 0 Å². The molecule has 0 saturated carbocycles. The molecule has 0 amide bonds. The van der Waals surface area contributed by atoms with Crippen LogP contribution >= 0.6 is 0 Å². The number of hydrogen-bond donors (Lipinski definition) is 0. The maximum Gasteiger partial charge on any atom is 0.269 e. The average molecular weight is 271 g/mol. The molecule has 2 rings (SSSR count). The van der Waals surface area contributed by atoms with E-state index in [1.807, 2.05) is 18.2 Å². The van der Waals surface area contributed by atoms with Crippen molar-refractivity contribution in [1.82, 2.24) is 0 Å². The highest BCUT2D eigenvalue weighted by Gasteiger charge is 2.03. The lowest BCUT2D eigenvalue weighted by molar-refractivity contribution is -0.384. The van der Waals surface area contributed by atoms with Gasteiger partial charge >= 0.3 is 0 Å². The fraction of sp³-hybridized carbons (Fsp3) is 0.250. The van der Waals surface area contributed by atoms with Crippen molar-refractivity contribution in [2.75, 3.05) is 6.61 Å². The van der Waals surface area contributed by atoms with Crippen LogP contribution in [-0.2, 0) is 6.42 Å². The zero-order valence-corrected chi connectivity index (χ0v) is 11.2. The maximum atomic E-state index is 10.5. The summed E-state index contributed by atoms with van der Waals surface area (Å²) in [6.45, 7) is 0.630. The van der Waals surface area contributed by atoms with Crippen LogP contribution in [0, 0.1) is 10.1 Å². The van der Waals surface area contributed by atoms with Crippen LogP contribution in [0.1, 0.15) is 18.4 Å². The lowest BCUT2D eigenvalue weighted by Crippen LogP contribution is -1.98. The highest BCUT2D eigenvalue weighted by atomic mass is 16.6. The number of nitrogens with zero attached hydrogens (tertiary/aromatic N) is 1. The number of aryl methyl sites for hydroxylation is 1. The van der Waals surface area contributed by atoms with E-state index < -0.39 is 4.92 Å². The van der Waals surface area contributed by atoms with Crippen LogP contribution in [0.3, 0.4) is 0 Å². The van der Waals surface area contributed by atoms with E-state index in [2.05, 4.69) is 12.1 Å². The largest absolute Gasteiger partial charge is 0.494 e. The van der Waals surface area contributed by atoms with Gasteiger partial charge in [-0.2, -0.15) is 0 Å². The Labute approximate surface area is 118 Å². The second-order valence-corrected chi connectivity index (χ2v) is 4.54. The van der Waals surface area contributed by atoms with Crippen LogP contribution < -0.4 is 4.74 Å². The molecule has 0 unspecified atom stereocenters. The smallest absolute Gasteiger partial charge is 0.269 e. The molecule has 0 atom stereocenters. The monoisotopic (exact) mass is 271 g/mol. The third-order valence-electron chi connectivity index (χ3n) is 3.02. The molecule has 4 heteroatoms. The number of nitro groups is 1. The van der Waals surface area contributed by atoms with Crippen LogP contribution in [0.2, 0.25) is 0 Å². The molecule has 0 radical (unpaired) electrons. The van der Waals surface area contributed by atoms with Crippen molar-refractivity contribution in [3.8, 4) is 5.75 Å². The van der Waals surface area contributed by atoms with Crippen molar-refractivity contribution in [1.29, 1.82) is 0 Å². The average Bonchev–Trinajstić information content (AvgIpc) is 2.48. The summed E-state index contributed by atoms with van der Waals surface area (Å²) in [5, 5.41) is 10.5. The first-order valence-electron chi connectivity index (χ1n) is 6.67. The maximum absolute atomic E-state index is 10.5. The molecule has 0 bridgehead atoms. The third-order valence-corrected chi connectivity index (χ3v) is 3.02. The summed E-state index contributed by atoms with van der Waals surface area (Å²) >= 11 is 0. The molecule has 4 nitrogen and oxygen atoms in total. The molecule has 0 heterocycles. The number of benzene rings is 2. The molecular weight excluding hydrogens is 254 g/mol. The van der Waals surface area contributed by atoms with Crippen LogP contribution in [0.4, 0.5) is 5.69 Å². The van der Waals surface area contributed by atoms with Crippen molar-refractivity contribution in [3.63, 3.8) is 0 Å². The summed E-state index contributed by atoms with van der Waals surface area (Å²) in [5.74, 6) is 0.676. The van der Waals surface area contributed by atoms with Gasteiger partial charge in [-0.1, -0.05) is 30.3 Å². The van der Waals surface area contributed by atoms with E-state index in [-0.39, 0.29) is 5.69 Å². The molecule has 20 heavy (non-hydrogen) atoms. The normalized spacial score (nSPS) is 10.2. The Hall–Kier alpha value is -2.36. The van der Waals surface area contributed by atoms with Gasteiger partial charge in [-0.25, -0.2) is 0 Å². The quantitative estimate of drug-likeness (QED) is 0.434. The molecular formula is C16H17NO3. The van der Waals surface area contributed by atoms with Gasteiger partial charge in [-0.3, -0.25) is 10.1 Å². The van der Waals surface area contributed by atoms with Crippen LogP contribution in [-0.4, -0.2) is 11.5 Å². The van der Waals surface area contributed by atoms with Gasteiger partial charge in [0.25, 0.3) is 5.69 Å². The number of hydrogen-bond acceptors (Lipinski definition) is 3. The van der Waals surface area contributed by atoms with E-state index >= 15 is 0 Å². The van der Waals surface area contributed by atoms with E-state index in [0.29, 0.717) is 12.4 Å². The number of nitro benzene ring substituents is 1. The van der Waals surface area contributed by atoms with E-state index in [0.717, 1.165) is 19.3 Å². The van der Waals surface area contributed by atoms with Gasteiger partial charge in [0.05, 0.1) is 11.5 Å². The summed E-state index contributed by atoms with van der Waals surface area (Å²) < 4.78 is 5.56.